The Kier molecular flexibility index (Phi) is 11.1. The van der Waals surface area contributed by atoms with Gasteiger partial charge in [0.15, 0.2) is 0 Å². The molecule has 15 heteroatoms. The summed E-state index contributed by atoms with van der Waals surface area (Å²) in [5.41, 5.74) is 6.21. The Bertz CT molecular complexity index is 3020. The molecule has 10 rings (SSSR count). The minimum Gasteiger partial charge on any atom is -0.453 e. The number of imidazole rings is 2. The minimum absolute atomic E-state index is 0.0722. The van der Waals surface area contributed by atoms with Gasteiger partial charge in [-0.3, -0.25) is 9.59 Å². The molecule has 3 aliphatic rings. The molecule has 0 spiro atoms. The highest BCUT2D eigenvalue weighted by atomic mass is 16.5. The number of likely N-dealkylation sites (tertiary alicyclic amines) is 2. The number of fused-ring (bicyclic) bond motifs is 7. The lowest BCUT2D eigenvalue weighted by molar-refractivity contribution is -0.137. The van der Waals surface area contributed by atoms with Crippen LogP contribution in [0.4, 0.5) is 9.59 Å². The van der Waals surface area contributed by atoms with Crippen molar-refractivity contribution in [3.63, 3.8) is 0 Å². The van der Waals surface area contributed by atoms with Crippen LogP contribution in [0.25, 0.3) is 54.7 Å². The molecule has 66 heavy (non-hydrogen) atoms. The molecule has 1 aliphatic carbocycles. The molecule has 7 aromatic rings. The van der Waals surface area contributed by atoms with Crippen LogP contribution >= 0.6 is 0 Å². The van der Waals surface area contributed by atoms with Gasteiger partial charge in [-0.05, 0) is 82.3 Å². The number of benzene rings is 5. The number of ether oxygens (including phenoxy) is 3. The zero-order valence-corrected chi connectivity index (χ0v) is 37.8. The standard InChI is InChI=1S/C51H54N8O7/c1-26(2)41(56-50(62)65-5)49(61)59-40(23-36-27(3)45(36)59)47-53-38-19-15-33-22-31(13-17-35(33)44(38)55-47)30-12-16-34-32(21-30)14-18-37-43(34)54-46(52-37)39-20-28(25-64-4)24-58(39)48(60)42(57-51(63)66-6)29-10-8-7-9-11-29/h7-19,21-22,26-28,36,39-42,45H,20,23-25H2,1-6H3,(H,52,54)(H,53,55)(H,56,62)(H,57,63)/t27-,28+,36+,39+,40+,41+,42-,45-/m1/s1. The third-order valence-electron chi connectivity index (χ3n) is 14.2. The van der Waals surface area contributed by atoms with Crippen LogP contribution < -0.4 is 10.6 Å². The number of carbonyl (C=O) groups is 4. The molecular formula is C51H54N8O7. The highest BCUT2D eigenvalue weighted by molar-refractivity contribution is 6.07. The number of carbonyl (C=O) groups excluding carboxylic acids is 4. The zero-order chi connectivity index (χ0) is 46.0. The zero-order valence-electron chi connectivity index (χ0n) is 37.8. The van der Waals surface area contributed by atoms with E-state index in [0.717, 1.165) is 67.0 Å². The summed E-state index contributed by atoms with van der Waals surface area (Å²) in [6.45, 7) is 6.96. The molecule has 4 heterocycles. The second-order valence-electron chi connectivity index (χ2n) is 18.4. The Labute approximate surface area is 381 Å². The highest BCUT2D eigenvalue weighted by Gasteiger charge is 2.61. The van der Waals surface area contributed by atoms with Crippen LogP contribution in [0.15, 0.2) is 91.0 Å². The lowest BCUT2D eigenvalue weighted by Crippen LogP contribution is -2.52. The lowest BCUT2D eigenvalue weighted by Gasteiger charge is -2.32. The predicted molar refractivity (Wildman–Crippen MR) is 250 cm³/mol. The van der Waals surface area contributed by atoms with Crippen LogP contribution in [0, 0.1) is 23.7 Å². The van der Waals surface area contributed by atoms with Crippen molar-refractivity contribution in [2.45, 2.75) is 63.8 Å². The van der Waals surface area contributed by atoms with Gasteiger partial charge in [0.05, 0.1) is 55.0 Å². The van der Waals surface area contributed by atoms with E-state index in [4.69, 9.17) is 24.2 Å². The molecule has 0 unspecified atom stereocenters. The summed E-state index contributed by atoms with van der Waals surface area (Å²) < 4.78 is 15.3. The maximum Gasteiger partial charge on any atom is 0.407 e. The second kappa shape index (κ2) is 17.1. The first-order chi connectivity index (χ1) is 32.0. The summed E-state index contributed by atoms with van der Waals surface area (Å²) >= 11 is 0. The maximum atomic E-state index is 14.4. The average molecular weight is 891 g/mol. The van der Waals surface area contributed by atoms with E-state index in [1.807, 2.05) is 61.2 Å². The van der Waals surface area contributed by atoms with Crippen molar-refractivity contribution in [1.82, 2.24) is 40.4 Å². The van der Waals surface area contributed by atoms with Gasteiger partial charge in [0.25, 0.3) is 5.91 Å². The summed E-state index contributed by atoms with van der Waals surface area (Å²) in [6, 6.07) is 28.1. The Balaban J connectivity index is 0.929. The molecule has 4 N–H and O–H groups in total. The van der Waals surface area contributed by atoms with Crippen molar-refractivity contribution in [3.8, 4) is 11.1 Å². The summed E-state index contributed by atoms with van der Waals surface area (Å²) in [6.07, 6.45) is 0.148. The van der Waals surface area contributed by atoms with Crippen LogP contribution in [0.3, 0.4) is 0 Å². The summed E-state index contributed by atoms with van der Waals surface area (Å²) in [4.78, 5) is 74.4. The number of amides is 4. The fraction of sp³-hybridized carbons (Fsp3) is 0.373. The molecular weight excluding hydrogens is 837 g/mol. The molecule has 0 radical (unpaired) electrons. The van der Waals surface area contributed by atoms with Crippen LogP contribution in [0.2, 0.25) is 0 Å². The van der Waals surface area contributed by atoms with Crippen molar-refractivity contribution < 1.29 is 33.4 Å². The Morgan fingerprint density at radius 1 is 0.727 bits per heavy atom. The summed E-state index contributed by atoms with van der Waals surface area (Å²) in [5.74, 6) is 1.81. The molecule has 15 nitrogen and oxygen atoms in total. The number of aromatic nitrogens is 4. The largest absolute Gasteiger partial charge is 0.453 e. The van der Waals surface area contributed by atoms with E-state index in [2.05, 4.69) is 76.1 Å². The first-order valence-electron chi connectivity index (χ1n) is 22.7. The predicted octanol–water partition coefficient (Wildman–Crippen LogP) is 8.33. The number of hydrogen-bond donors (Lipinski definition) is 4. The fourth-order valence-corrected chi connectivity index (χ4v) is 10.7. The molecule has 4 amide bonds. The van der Waals surface area contributed by atoms with Gasteiger partial charge in [-0.2, -0.15) is 0 Å². The van der Waals surface area contributed by atoms with E-state index in [-0.39, 0.29) is 41.8 Å². The van der Waals surface area contributed by atoms with Crippen molar-refractivity contribution in [3.05, 3.63) is 108 Å². The van der Waals surface area contributed by atoms with Gasteiger partial charge in [-0.15, -0.1) is 0 Å². The highest BCUT2D eigenvalue weighted by Crippen LogP contribution is 2.57. The molecule has 2 aromatic heterocycles. The Hall–Kier alpha value is -7.00. The van der Waals surface area contributed by atoms with Gasteiger partial charge in [-0.25, -0.2) is 19.6 Å². The smallest absolute Gasteiger partial charge is 0.407 e. The van der Waals surface area contributed by atoms with E-state index in [9.17, 15) is 19.2 Å². The first kappa shape index (κ1) is 42.9. The monoisotopic (exact) mass is 890 g/mol. The number of H-pyrrole nitrogens is 2. The van der Waals surface area contributed by atoms with Crippen LogP contribution in [-0.2, 0) is 23.8 Å². The number of alkyl carbamates (subject to hydrolysis) is 2. The van der Waals surface area contributed by atoms with Crippen molar-refractivity contribution in [2.75, 3.05) is 34.5 Å². The lowest BCUT2D eigenvalue weighted by atomic mass is 9.98. The van der Waals surface area contributed by atoms with Crippen molar-refractivity contribution in [2.24, 2.45) is 23.7 Å². The SMILES string of the molecule is COC[C@H]1C[C@@H](c2nc3ccc4cc(-c5ccc6c(ccc7nc([C@@H]8C[C@H]9[C@@H](C)[C@H]9N8C(=O)[C@@H](NC(=O)OC)C(C)C)[nH]c76)c5)ccc4c3[nH]2)N(C(=O)[C@H](NC(=O)OC)c2ccccc2)C1. The third-order valence-corrected chi connectivity index (χ3v) is 14.2. The number of methoxy groups -OCH3 is 3. The van der Waals surface area contributed by atoms with E-state index in [1.54, 1.807) is 12.0 Å². The molecule has 8 atom stereocenters. The number of aromatic amines is 2. The summed E-state index contributed by atoms with van der Waals surface area (Å²) in [5, 5.41) is 9.67. The van der Waals surface area contributed by atoms with Gasteiger partial charge in [0, 0.05) is 36.4 Å². The number of nitrogens with zero attached hydrogens (tertiary/aromatic N) is 4. The van der Waals surface area contributed by atoms with E-state index >= 15 is 0 Å². The van der Waals surface area contributed by atoms with Gasteiger partial charge < -0.3 is 44.6 Å². The normalized spacial score (nSPS) is 22.2. The average Bonchev–Trinajstić information content (AvgIpc) is 3.94. The molecule has 5 aromatic carbocycles. The van der Waals surface area contributed by atoms with E-state index in [0.29, 0.717) is 42.8 Å². The molecule has 2 saturated heterocycles. The molecule has 0 bridgehead atoms. The van der Waals surface area contributed by atoms with Gasteiger partial charge in [-0.1, -0.05) is 87.5 Å². The van der Waals surface area contributed by atoms with Gasteiger partial charge in [0.1, 0.15) is 23.7 Å². The minimum atomic E-state index is -0.944. The summed E-state index contributed by atoms with van der Waals surface area (Å²) in [7, 11) is 4.25. The molecule has 2 aliphatic heterocycles. The van der Waals surface area contributed by atoms with Crippen LogP contribution in [0.5, 0.6) is 0 Å². The van der Waals surface area contributed by atoms with E-state index < -0.39 is 24.3 Å². The quantitative estimate of drug-likeness (QED) is 0.0992. The Morgan fingerprint density at radius 3 is 1.89 bits per heavy atom. The molecule has 340 valence electrons. The van der Waals surface area contributed by atoms with Gasteiger partial charge >= 0.3 is 12.2 Å². The van der Waals surface area contributed by atoms with Gasteiger partial charge in [0.2, 0.25) is 5.91 Å². The van der Waals surface area contributed by atoms with Crippen molar-refractivity contribution >= 4 is 67.6 Å². The van der Waals surface area contributed by atoms with E-state index in [1.165, 1.54) is 14.2 Å². The second-order valence-corrected chi connectivity index (χ2v) is 18.4. The first-order valence-corrected chi connectivity index (χ1v) is 22.7. The van der Waals surface area contributed by atoms with Crippen LogP contribution in [0.1, 0.15) is 69.0 Å². The topological polar surface area (TPSA) is 184 Å². The number of rotatable bonds is 11. The number of piperidine rings is 1. The third kappa shape index (κ3) is 7.54. The number of nitrogens with one attached hydrogen (secondary N) is 4. The molecule has 1 saturated carbocycles. The van der Waals surface area contributed by atoms with Crippen LogP contribution in [-0.4, -0.2) is 100 Å². The Morgan fingerprint density at radius 2 is 1.32 bits per heavy atom. The maximum absolute atomic E-state index is 14.4. The fourth-order valence-electron chi connectivity index (χ4n) is 10.7. The van der Waals surface area contributed by atoms with Crippen molar-refractivity contribution in [1.29, 1.82) is 0 Å². The number of hydrogen-bond acceptors (Lipinski definition) is 9. The molecule has 3 fully saturated rings.